The quantitative estimate of drug-likeness (QED) is 0.767. The Morgan fingerprint density at radius 2 is 1.88 bits per heavy atom. The van der Waals surface area contributed by atoms with Crippen molar-refractivity contribution in [2.24, 2.45) is 0 Å². The summed E-state index contributed by atoms with van der Waals surface area (Å²) in [5.41, 5.74) is 2.10. The lowest BCUT2D eigenvalue weighted by molar-refractivity contribution is -0.885. The van der Waals surface area contributed by atoms with Crippen LogP contribution in [-0.2, 0) is 17.9 Å². The largest absolute Gasteiger partial charge is 0.494 e. The number of quaternary nitrogens is 1. The Kier molecular flexibility index (Phi) is 7.09. The van der Waals surface area contributed by atoms with Crippen LogP contribution >= 0.6 is 11.6 Å². The van der Waals surface area contributed by atoms with E-state index in [9.17, 15) is 4.79 Å². The highest BCUT2D eigenvalue weighted by Crippen LogP contribution is 2.14. The number of likely N-dealkylation sites (N-methyl/N-ethyl adjacent to an activating group) is 1. The average molecular weight is 348 g/mol. The lowest BCUT2D eigenvalue weighted by Gasteiger charge is -2.14. The van der Waals surface area contributed by atoms with Crippen LogP contribution in [0.2, 0.25) is 5.02 Å². The van der Waals surface area contributed by atoms with Crippen molar-refractivity contribution in [3.8, 4) is 5.75 Å². The standard InChI is InChI=1S/C19H23ClN2O2/c1-3-24-17-10-8-15(9-11-17)13-22(2)14-19(23)21-12-16-6-4-5-7-18(16)20/h4-11H,3,12-14H2,1-2H3,(H,21,23)/p+1. The summed E-state index contributed by atoms with van der Waals surface area (Å²) in [6, 6.07) is 15.5. The highest BCUT2D eigenvalue weighted by molar-refractivity contribution is 6.31. The van der Waals surface area contributed by atoms with E-state index >= 15 is 0 Å². The van der Waals surface area contributed by atoms with Crippen LogP contribution in [0.5, 0.6) is 5.75 Å². The normalized spacial score (nSPS) is 11.8. The molecule has 0 spiro atoms. The van der Waals surface area contributed by atoms with Crippen molar-refractivity contribution in [3.05, 3.63) is 64.7 Å². The Balaban J connectivity index is 1.78. The molecule has 2 aromatic carbocycles. The summed E-state index contributed by atoms with van der Waals surface area (Å²) in [7, 11) is 2.01. The number of amides is 1. The van der Waals surface area contributed by atoms with Crippen LogP contribution < -0.4 is 15.0 Å². The van der Waals surface area contributed by atoms with Gasteiger partial charge in [-0.15, -0.1) is 0 Å². The van der Waals surface area contributed by atoms with Gasteiger partial charge in [0.2, 0.25) is 0 Å². The fourth-order valence-corrected chi connectivity index (χ4v) is 2.66. The Labute approximate surface area is 148 Å². The maximum atomic E-state index is 12.1. The maximum Gasteiger partial charge on any atom is 0.275 e. The molecule has 1 unspecified atom stereocenters. The van der Waals surface area contributed by atoms with E-state index in [4.69, 9.17) is 16.3 Å². The first-order chi connectivity index (χ1) is 11.6. The highest BCUT2D eigenvalue weighted by atomic mass is 35.5. The summed E-state index contributed by atoms with van der Waals surface area (Å²) in [6.07, 6.45) is 0. The molecule has 0 saturated heterocycles. The second kappa shape index (κ2) is 9.30. The van der Waals surface area contributed by atoms with Gasteiger partial charge in [0, 0.05) is 17.1 Å². The Bertz CT molecular complexity index is 659. The third-order valence-electron chi connectivity index (χ3n) is 3.64. The molecule has 1 amide bonds. The fourth-order valence-electron chi connectivity index (χ4n) is 2.45. The molecule has 128 valence electrons. The third kappa shape index (κ3) is 5.87. The van der Waals surface area contributed by atoms with Crippen molar-refractivity contribution in [1.29, 1.82) is 0 Å². The first kappa shape index (κ1) is 18.3. The SMILES string of the molecule is CCOc1ccc(C[NH+](C)CC(=O)NCc2ccccc2Cl)cc1. The molecular formula is C19H24ClN2O2+. The van der Waals surface area contributed by atoms with Crippen LogP contribution in [0.25, 0.3) is 0 Å². The summed E-state index contributed by atoms with van der Waals surface area (Å²) >= 11 is 6.09. The monoisotopic (exact) mass is 347 g/mol. The molecule has 2 rings (SSSR count). The second-order valence-electron chi connectivity index (χ2n) is 5.76. The molecule has 0 aliphatic carbocycles. The number of carbonyl (C=O) groups excluding carboxylic acids is 1. The number of rotatable bonds is 8. The minimum Gasteiger partial charge on any atom is -0.494 e. The number of hydrogen-bond donors (Lipinski definition) is 2. The molecule has 0 bridgehead atoms. The van der Waals surface area contributed by atoms with Crippen molar-refractivity contribution >= 4 is 17.5 Å². The minimum atomic E-state index is 0.0124. The van der Waals surface area contributed by atoms with Crippen LogP contribution in [0.3, 0.4) is 0 Å². The molecule has 0 heterocycles. The van der Waals surface area contributed by atoms with Gasteiger partial charge in [0.15, 0.2) is 6.54 Å². The Morgan fingerprint density at radius 3 is 2.54 bits per heavy atom. The van der Waals surface area contributed by atoms with E-state index < -0.39 is 0 Å². The van der Waals surface area contributed by atoms with E-state index in [2.05, 4.69) is 5.32 Å². The maximum absolute atomic E-state index is 12.1. The Hall–Kier alpha value is -2.04. The number of halogens is 1. The third-order valence-corrected chi connectivity index (χ3v) is 4.01. The van der Waals surface area contributed by atoms with Gasteiger partial charge in [0.25, 0.3) is 5.91 Å². The molecule has 0 aromatic heterocycles. The number of nitrogens with one attached hydrogen (secondary N) is 2. The zero-order chi connectivity index (χ0) is 17.4. The molecule has 24 heavy (non-hydrogen) atoms. The van der Waals surface area contributed by atoms with Crippen molar-refractivity contribution < 1.29 is 14.4 Å². The van der Waals surface area contributed by atoms with Crippen LogP contribution in [0.4, 0.5) is 0 Å². The smallest absolute Gasteiger partial charge is 0.275 e. The molecule has 0 radical (unpaired) electrons. The molecule has 2 aromatic rings. The zero-order valence-corrected chi connectivity index (χ0v) is 14.9. The van der Waals surface area contributed by atoms with Gasteiger partial charge < -0.3 is 15.0 Å². The van der Waals surface area contributed by atoms with Crippen molar-refractivity contribution in [2.45, 2.75) is 20.0 Å². The van der Waals surface area contributed by atoms with Crippen LogP contribution in [-0.4, -0.2) is 26.1 Å². The minimum absolute atomic E-state index is 0.0124. The molecule has 0 fully saturated rings. The summed E-state index contributed by atoms with van der Waals surface area (Å²) in [5, 5.41) is 3.59. The fraction of sp³-hybridized carbons (Fsp3) is 0.316. The van der Waals surface area contributed by atoms with Crippen LogP contribution in [0, 0.1) is 0 Å². The molecule has 4 nitrogen and oxygen atoms in total. The molecule has 2 N–H and O–H groups in total. The predicted molar refractivity (Wildman–Crippen MR) is 96.4 cm³/mol. The topological polar surface area (TPSA) is 42.8 Å². The Morgan fingerprint density at radius 1 is 1.17 bits per heavy atom. The zero-order valence-electron chi connectivity index (χ0n) is 14.1. The highest BCUT2D eigenvalue weighted by Gasteiger charge is 2.11. The molecular weight excluding hydrogens is 324 g/mol. The van der Waals surface area contributed by atoms with Gasteiger partial charge >= 0.3 is 0 Å². The van der Waals surface area contributed by atoms with Gasteiger partial charge in [0.05, 0.1) is 13.7 Å². The summed E-state index contributed by atoms with van der Waals surface area (Å²) in [4.78, 5) is 13.2. The van der Waals surface area contributed by atoms with E-state index in [0.717, 1.165) is 22.8 Å². The van der Waals surface area contributed by atoms with E-state index in [1.165, 1.54) is 5.56 Å². The van der Waals surface area contributed by atoms with Gasteiger partial charge in [-0.05, 0) is 42.8 Å². The van der Waals surface area contributed by atoms with E-state index in [-0.39, 0.29) is 5.91 Å². The van der Waals surface area contributed by atoms with Gasteiger partial charge in [-0.3, -0.25) is 4.79 Å². The summed E-state index contributed by atoms with van der Waals surface area (Å²) in [5.74, 6) is 0.884. The summed E-state index contributed by atoms with van der Waals surface area (Å²) in [6.45, 7) is 4.28. The first-order valence-corrected chi connectivity index (χ1v) is 8.49. The number of ether oxygens (including phenoxy) is 1. The molecule has 0 aliphatic heterocycles. The van der Waals surface area contributed by atoms with Gasteiger partial charge in [-0.25, -0.2) is 0 Å². The lowest BCUT2D eigenvalue weighted by atomic mass is 10.2. The number of benzene rings is 2. The average Bonchev–Trinajstić information content (AvgIpc) is 2.56. The molecule has 5 heteroatoms. The van der Waals surface area contributed by atoms with Crippen molar-refractivity contribution in [1.82, 2.24) is 5.32 Å². The van der Waals surface area contributed by atoms with E-state index in [1.54, 1.807) is 0 Å². The molecule has 1 atom stereocenters. The first-order valence-electron chi connectivity index (χ1n) is 8.11. The van der Waals surface area contributed by atoms with E-state index in [1.807, 2.05) is 62.5 Å². The van der Waals surface area contributed by atoms with Crippen LogP contribution in [0.1, 0.15) is 18.1 Å². The van der Waals surface area contributed by atoms with Crippen molar-refractivity contribution in [3.63, 3.8) is 0 Å². The van der Waals surface area contributed by atoms with E-state index in [0.29, 0.717) is 24.7 Å². The molecule has 0 aliphatic rings. The van der Waals surface area contributed by atoms with Crippen LogP contribution in [0.15, 0.2) is 48.5 Å². The predicted octanol–water partition coefficient (Wildman–Crippen LogP) is 2.07. The number of hydrogen-bond acceptors (Lipinski definition) is 2. The number of carbonyl (C=O) groups is 1. The van der Waals surface area contributed by atoms with Gasteiger partial charge in [0.1, 0.15) is 12.3 Å². The molecule has 0 saturated carbocycles. The second-order valence-corrected chi connectivity index (χ2v) is 6.16. The van der Waals surface area contributed by atoms with Crippen molar-refractivity contribution in [2.75, 3.05) is 20.2 Å². The summed E-state index contributed by atoms with van der Waals surface area (Å²) < 4.78 is 5.43. The lowest BCUT2D eigenvalue weighted by Crippen LogP contribution is -3.08. The van der Waals surface area contributed by atoms with Gasteiger partial charge in [-0.2, -0.15) is 0 Å². The van der Waals surface area contributed by atoms with Gasteiger partial charge in [-0.1, -0.05) is 29.8 Å².